The van der Waals surface area contributed by atoms with Crippen molar-refractivity contribution in [3.05, 3.63) is 82.2 Å². The van der Waals surface area contributed by atoms with Gasteiger partial charge in [0, 0.05) is 24.5 Å². The van der Waals surface area contributed by atoms with Crippen molar-refractivity contribution in [3.8, 4) is 5.75 Å². The monoisotopic (exact) mass is 449 g/mol. The van der Waals surface area contributed by atoms with Gasteiger partial charge in [-0.15, -0.1) is 0 Å². The Hall–Kier alpha value is -3.74. The van der Waals surface area contributed by atoms with Crippen LogP contribution in [-0.4, -0.2) is 35.6 Å². The molecule has 0 radical (unpaired) electrons. The SMILES string of the molecule is CCOC(=O)c1[nH]c(C)c(CN(Cc2ccc(OC)cc2)C(=O)Nc2ccc(C)cc2)c1C. The molecule has 0 atom stereocenters. The van der Waals surface area contributed by atoms with E-state index >= 15 is 0 Å². The van der Waals surface area contributed by atoms with E-state index in [2.05, 4.69) is 10.3 Å². The molecular formula is C26H31N3O4. The van der Waals surface area contributed by atoms with E-state index in [4.69, 9.17) is 9.47 Å². The van der Waals surface area contributed by atoms with Gasteiger partial charge in [-0.2, -0.15) is 0 Å². The molecule has 0 saturated carbocycles. The van der Waals surface area contributed by atoms with Crippen LogP contribution in [0.15, 0.2) is 48.5 Å². The Morgan fingerprint density at radius 2 is 1.64 bits per heavy atom. The maximum atomic E-state index is 13.3. The highest BCUT2D eigenvalue weighted by atomic mass is 16.5. The lowest BCUT2D eigenvalue weighted by molar-refractivity contribution is 0.0519. The van der Waals surface area contributed by atoms with Crippen molar-refractivity contribution in [2.75, 3.05) is 19.0 Å². The maximum absolute atomic E-state index is 13.3. The first kappa shape index (κ1) is 23.9. The van der Waals surface area contributed by atoms with Crippen LogP contribution in [0.25, 0.3) is 0 Å². The minimum atomic E-state index is -0.393. The molecule has 0 bridgehead atoms. The minimum Gasteiger partial charge on any atom is -0.497 e. The number of carbonyl (C=O) groups is 2. The average Bonchev–Trinajstić information content (AvgIpc) is 3.09. The lowest BCUT2D eigenvalue weighted by Gasteiger charge is -2.24. The number of aryl methyl sites for hydroxylation is 2. The predicted octanol–water partition coefficient (Wildman–Crippen LogP) is 5.36. The maximum Gasteiger partial charge on any atom is 0.355 e. The molecular weight excluding hydrogens is 418 g/mol. The second-order valence-electron chi connectivity index (χ2n) is 7.95. The standard InChI is InChI=1S/C26H31N3O4/c1-6-33-25(30)24-18(3)23(19(4)27-24)16-29(15-20-9-13-22(32-5)14-10-20)26(31)28-21-11-7-17(2)8-12-21/h7-14,27H,6,15-16H2,1-5H3,(H,28,31). The second-order valence-corrected chi connectivity index (χ2v) is 7.95. The summed E-state index contributed by atoms with van der Waals surface area (Å²) in [6, 6.07) is 15.1. The zero-order chi connectivity index (χ0) is 24.0. The van der Waals surface area contributed by atoms with Crippen LogP contribution in [0.1, 0.15) is 45.4 Å². The van der Waals surface area contributed by atoms with Gasteiger partial charge in [0.1, 0.15) is 11.4 Å². The Morgan fingerprint density at radius 3 is 2.24 bits per heavy atom. The molecule has 1 aromatic heterocycles. The fourth-order valence-electron chi connectivity index (χ4n) is 3.61. The molecule has 2 aromatic carbocycles. The molecule has 0 aliphatic rings. The number of anilines is 1. The number of amides is 2. The number of aromatic amines is 1. The van der Waals surface area contributed by atoms with E-state index in [1.54, 1.807) is 18.9 Å². The number of urea groups is 1. The molecule has 3 rings (SSSR count). The number of nitrogens with one attached hydrogen (secondary N) is 2. The van der Waals surface area contributed by atoms with Gasteiger partial charge in [0.05, 0.1) is 13.7 Å². The average molecular weight is 450 g/mol. The second kappa shape index (κ2) is 10.7. The summed E-state index contributed by atoms with van der Waals surface area (Å²) in [4.78, 5) is 30.4. The van der Waals surface area contributed by atoms with Crippen LogP contribution in [0, 0.1) is 20.8 Å². The number of H-pyrrole nitrogens is 1. The van der Waals surface area contributed by atoms with E-state index in [1.807, 2.05) is 69.3 Å². The first-order valence-corrected chi connectivity index (χ1v) is 10.9. The van der Waals surface area contributed by atoms with Gasteiger partial charge >= 0.3 is 12.0 Å². The number of ether oxygens (including phenoxy) is 2. The van der Waals surface area contributed by atoms with Crippen LogP contribution in [0.3, 0.4) is 0 Å². The highest BCUT2D eigenvalue weighted by Crippen LogP contribution is 2.23. The molecule has 0 aliphatic carbocycles. The number of carbonyl (C=O) groups excluding carboxylic acids is 2. The van der Waals surface area contributed by atoms with E-state index in [0.717, 1.165) is 39.4 Å². The molecule has 0 unspecified atom stereocenters. The number of methoxy groups -OCH3 is 1. The third-order valence-corrected chi connectivity index (χ3v) is 5.54. The molecule has 0 spiro atoms. The van der Waals surface area contributed by atoms with Gasteiger partial charge in [0.25, 0.3) is 0 Å². The zero-order valence-corrected chi connectivity index (χ0v) is 19.8. The van der Waals surface area contributed by atoms with Gasteiger partial charge in [-0.3, -0.25) is 0 Å². The van der Waals surface area contributed by atoms with Crippen LogP contribution in [-0.2, 0) is 17.8 Å². The first-order chi connectivity index (χ1) is 15.8. The lowest BCUT2D eigenvalue weighted by atomic mass is 10.1. The molecule has 0 saturated heterocycles. The van der Waals surface area contributed by atoms with Gasteiger partial charge in [0.2, 0.25) is 0 Å². The summed E-state index contributed by atoms with van der Waals surface area (Å²) < 4.78 is 10.4. The summed E-state index contributed by atoms with van der Waals surface area (Å²) >= 11 is 0. The number of hydrogen-bond acceptors (Lipinski definition) is 4. The highest BCUT2D eigenvalue weighted by molar-refractivity contribution is 5.91. The summed E-state index contributed by atoms with van der Waals surface area (Å²) in [5, 5.41) is 2.98. The van der Waals surface area contributed by atoms with Crippen LogP contribution in [0.4, 0.5) is 10.5 Å². The summed E-state index contributed by atoms with van der Waals surface area (Å²) in [7, 11) is 1.62. The number of aromatic nitrogens is 1. The van der Waals surface area contributed by atoms with Gasteiger partial charge in [-0.05, 0) is 68.7 Å². The Balaban J connectivity index is 1.88. The predicted molar refractivity (Wildman–Crippen MR) is 129 cm³/mol. The van der Waals surface area contributed by atoms with Crippen molar-refractivity contribution in [1.82, 2.24) is 9.88 Å². The van der Waals surface area contributed by atoms with E-state index < -0.39 is 5.97 Å². The number of nitrogens with zero attached hydrogens (tertiary/aromatic N) is 1. The number of hydrogen-bond donors (Lipinski definition) is 2. The summed E-state index contributed by atoms with van der Waals surface area (Å²) in [6.07, 6.45) is 0. The molecule has 1 heterocycles. The highest BCUT2D eigenvalue weighted by Gasteiger charge is 2.22. The molecule has 7 heteroatoms. The first-order valence-electron chi connectivity index (χ1n) is 10.9. The van der Waals surface area contributed by atoms with Gasteiger partial charge < -0.3 is 24.7 Å². The van der Waals surface area contributed by atoms with Gasteiger partial charge in [0.15, 0.2) is 0 Å². The normalized spacial score (nSPS) is 10.6. The summed E-state index contributed by atoms with van der Waals surface area (Å²) in [6.45, 7) is 8.56. The zero-order valence-electron chi connectivity index (χ0n) is 19.8. The Morgan fingerprint density at radius 1 is 0.970 bits per heavy atom. The Kier molecular flexibility index (Phi) is 7.77. The van der Waals surface area contributed by atoms with E-state index in [1.165, 1.54) is 0 Å². The lowest BCUT2D eigenvalue weighted by Crippen LogP contribution is -2.34. The molecule has 7 nitrogen and oxygen atoms in total. The smallest absolute Gasteiger partial charge is 0.355 e. The topological polar surface area (TPSA) is 83.7 Å². The van der Waals surface area contributed by atoms with Crippen molar-refractivity contribution in [3.63, 3.8) is 0 Å². The summed E-state index contributed by atoms with van der Waals surface area (Å²) in [5.41, 5.74) is 5.74. The largest absolute Gasteiger partial charge is 0.497 e. The van der Waals surface area contributed by atoms with Crippen LogP contribution >= 0.6 is 0 Å². The van der Waals surface area contributed by atoms with Crippen LogP contribution in [0.2, 0.25) is 0 Å². The fourth-order valence-corrected chi connectivity index (χ4v) is 3.61. The van der Waals surface area contributed by atoms with Crippen molar-refractivity contribution >= 4 is 17.7 Å². The minimum absolute atomic E-state index is 0.229. The van der Waals surface area contributed by atoms with Crippen molar-refractivity contribution in [2.45, 2.75) is 40.8 Å². The van der Waals surface area contributed by atoms with Crippen LogP contribution < -0.4 is 10.1 Å². The Bertz CT molecular complexity index is 1100. The number of rotatable bonds is 8. The quantitative estimate of drug-likeness (QED) is 0.454. The van der Waals surface area contributed by atoms with E-state index in [9.17, 15) is 9.59 Å². The van der Waals surface area contributed by atoms with Gasteiger partial charge in [-0.1, -0.05) is 29.8 Å². The molecule has 0 fully saturated rings. The number of esters is 1. The van der Waals surface area contributed by atoms with E-state index in [-0.39, 0.29) is 6.03 Å². The Labute approximate surface area is 194 Å². The van der Waals surface area contributed by atoms with Crippen molar-refractivity contribution < 1.29 is 19.1 Å². The molecule has 2 amide bonds. The molecule has 33 heavy (non-hydrogen) atoms. The van der Waals surface area contributed by atoms with Crippen molar-refractivity contribution in [2.24, 2.45) is 0 Å². The fraction of sp³-hybridized carbons (Fsp3) is 0.308. The van der Waals surface area contributed by atoms with Crippen LogP contribution in [0.5, 0.6) is 5.75 Å². The van der Waals surface area contributed by atoms with Crippen molar-refractivity contribution in [1.29, 1.82) is 0 Å². The molecule has 3 aromatic rings. The third kappa shape index (κ3) is 5.94. The van der Waals surface area contributed by atoms with Gasteiger partial charge in [-0.25, -0.2) is 9.59 Å². The third-order valence-electron chi connectivity index (χ3n) is 5.54. The molecule has 174 valence electrons. The summed E-state index contributed by atoms with van der Waals surface area (Å²) in [5.74, 6) is 0.362. The molecule has 0 aliphatic heterocycles. The molecule has 2 N–H and O–H groups in total. The van der Waals surface area contributed by atoms with E-state index in [0.29, 0.717) is 25.4 Å². The number of benzene rings is 2.